The molecule has 2 rings (SSSR count). The molecule has 0 bridgehead atoms. The van der Waals surface area contributed by atoms with Gasteiger partial charge >= 0.3 is 0 Å². The smallest absolute Gasteiger partial charge is 0.271 e. The third kappa shape index (κ3) is 2.70. The molecule has 2 N–H and O–H groups in total. The quantitative estimate of drug-likeness (QED) is 0.709. The predicted molar refractivity (Wildman–Crippen MR) is 61.1 cm³/mol. The first kappa shape index (κ1) is 10.9. The monoisotopic (exact) mass is 220 g/mol. The summed E-state index contributed by atoms with van der Waals surface area (Å²) in [6.07, 6.45) is 6.47. The molecule has 86 valence electrons. The number of hydrogen-bond donors (Lipinski definition) is 2. The molecule has 1 aliphatic rings. The molecule has 0 saturated carbocycles. The summed E-state index contributed by atoms with van der Waals surface area (Å²) in [5.41, 5.74) is 1.75. The van der Waals surface area contributed by atoms with Gasteiger partial charge in [-0.25, -0.2) is 4.98 Å². The van der Waals surface area contributed by atoms with Gasteiger partial charge in [0, 0.05) is 26.3 Å². The largest absolute Gasteiger partial charge is 0.347 e. The van der Waals surface area contributed by atoms with E-state index in [1.807, 2.05) is 7.05 Å². The van der Waals surface area contributed by atoms with Crippen molar-refractivity contribution in [2.45, 2.75) is 6.42 Å². The highest BCUT2D eigenvalue weighted by molar-refractivity contribution is 5.92. The van der Waals surface area contributed by atoms with E-state index in [9.17, 15) is 4.79 Å². The number of carbonyl (C=O) groups excluding carboxylic acids is 1. The molecule has 0 saturated heterocycles. The second-order valence-corrected chi connectivity index (χ2v) is 3.92. The fourth-order valence-electron chi connectivity index (χ4n) is 1.64. The number of hydrogen-bond acceptors (Lipinski definition) is 3. The predicted octanol–water partition coefficient (Wildman–Crippen LogP) is 0.0696. The third-order valence-electron chi connectivity index (χ3n) is 2.57. The van der Waals surface area contributed by atoms with E-state index >= 15 is 0 Å². The maximum Gasteiger partial charge on any atom is 0.271 e. The van der Waals surface area contributed by atoms with Gasteiger partial charge in [-0.3, -0.25) is 4.79 Å². The average molecular weight is 220 g/mol. The zero-order valence-corrected chi connectivity index (χ0v) is 9.36. The molecule has 0 spiro atoms. The number of aromatic nitrogens is 2. The zero-order chi connectivity index (χ0) is 11.4. The van der Waals surface area contributed by atoms with E-state index in [1.54, 1.807) is 17.1 Å². The Labute approximate surface area is 94.6 Å². The first-order chi connectivity index (χ1) is 7.75. The van der Waals surface area contributed by atoms with Gasteiger partial charge in [-0.05, 0) is 13.0 Å². The Balaban J connectivity index is 1.86. The fourth-order valence-corrected chi connectivity index (χ4v) is 1.64. The van der Waals surface area contributed by atoms with Crippen LogP contribution in [0.4, 0.5) is 0 Å². The van der Waals surface area contributed by atoms with E-state index in [-0.39, 0.29) is 5.91 Å². The Kier molecular flexibility index (Phi) is 3.36. The number of aryl methyl sites for hydroxylation is 1. The van der Waals surface area contributed by atoms with Gasteiger partial charge in [0.2, 0.25) is 0 Å². The Morgan fingerprint density at radius 3 is 3.19 bits per heavy atom. The van der Waals surface area contributed by atoms with Crippen molar-refractivity contribution >= 4 is 5.91 Å². The van der Waals surface area contributed by atoms with Gasteiger partial charge in [-0.1, -0.05) is 11.6 Å². The lowest BCUT2D eigenvalue weighted by molar-refractivity contribution is 0.0952. The molecule has 5 heteroatoms. The molecule has 0 aliphatic carbocycles. The molecule has 0 radical (unpaired) electrons. The Morgan fingerprint density at radius 1 is 1.69 bits per heavy atom. The fraction of sp³-hybridized carbons (Fsp3) is 0.455. The summed E-state index contributed by atoms with van der Waals surface area (Å²) >= 11 is 0. The number of nitrogens with zero attached hydrogens (tertiary/aromatic N) is 2. The minimum absolute atomic E-state index is 0.111. The first-order valence-corrected chi connectivity index (χ1v) is 5.40. The van der Waals surface area contributed by atoms with E-state index in [4.69, 9.17) is 0 Å². The summed E-state index contributed by atoms with van der Waals surface area (Å²) in [6, 6.07) is 0. The van der Waals surface area contributed by atoms with Gasteiger partial charge in [-0.15, -0.1) is 0 Å². The Bertz CT molecular complexity index is 408. The summed E-state index contributed by atoms with van der Waals surface area (Å²) in [5, 5.41) is 6.10. The summed E-state index contributed by atoms with van der Waals surface area (Å²) in [4.78, 5) is 15.7. The van der Waals surface area contributed by atoms with Crippen molar-refractivity contribution in [1.29, 1.82) is 0 Å². The molecule has 5 nitrogen and oxygen atoms in total. The normalized spacial score (nSPS) is 15.7. The minimum Gasteiger partial charge on any atom is -0.347 e. The van der Waals surface area contributed by atoms with Crippen molar-refractivity contribution in [2.24, 2.45) is 7.05 Å². The highest BCUT2D eigenvalue weighted by Crippen LogP contribution is 2.03. The maximum absolute atomic E-state index is 11.7. The Morgan fingerprint density at radius 2 is 2.56 bits per heavy atom. The van der Waals surface area contributed by atoms with Gasteiger partial charge < -0.3 is 15.2 Å². The third-order valence-corrected chi connectivity index (χ3v) is 2.57. The summed E-state index contributed by atoms with van der Waals surface area (Å²) < 4.78 is 1.76. The number of rotatable bonds is 3. The lowest BCUT2D eigenvalue weighted by Crippen LogP contribution is -2.29. The molecule has 0 unspecified atom stereocenters. The van der Waals surface area contributed by atoms with Crippen LogP contribution >= 0.6 is 0 Å². The van der Waals surface area contributed by atoms with Crippen LogP contribution in [0, 0.1) is 0 Å². The topological polar surface area (TPSA) is 59.0 Å². The van der Waals surface area contributed by atoms with Crippen molar-refractivity contribution in [3.63, 3.8) is 0 Å². The molecule has 2 heterocycles. The zero-order valence-electron chi connectivity index (χ0n) is 9.36. The van der Waals surface area contributed by atoms with Crippen molar-refractivity contribution in [3.05, 3.63) is 29.9 Å². The first-order valence-electron chi connectivity index (χ1n) is 5.40. The molecule has 1 amide bonds. The second kappa shape index (κ2) is 4.94. The number of amides is 1. The van der Waals surface area contributed by atoms with Gasteiger partial charge in [-0.2, -0.15) is 0 Å². The van der Waals surface area contributed by atoms with Crippen molar-refractivity contribution in [2.75, 3.05) is 19.6 Å². The maximum atomic E-state index is 11.7. The number of nitrogens with one attached hydrogen (secondary N) is 2. The lowest BCUT2D eigenvalue weighted by atomic mass is 10.1. The van der Waals surface area contributed by atoms with Crippen LogP contribution in [0.1, 0.15) is 16.9 Å². The molecule has 0 fully saturated rings. The van der Waals surface area contributed by atoms with E-state index in [2.05, 4.69) is 21.7 Å². The molecule has 1 aliphatic heterocycles. The molecule has 1 aromatic heterocycles. The van der Waals surface area contributed by atoms with Crippen molar-refractivity contribution < 1.29 is 4.79 Å². The lowest BCUT2D eigenvalue weighted by Gasteiger charge is -2.14. The van der Waals surface area contributed by atoms with Crippen LogP contribution in [0.15, 0.2) is 24.2 Å². The van der Waals surface area contributed by atoms with Crippen LogP contribution < -0.4 is 10.6 Å². The van der Waals surface area contributed by atoms with E-state index in [1.165, 1.54) is 5.57 Å². The van der Waals surface area contributed by atoms with E-state index < -0.39 is 0 Å². The van der Waals surface area contributed by atoms with Crippen LogP contribution in [0.5, 0.6) is 0 Å². The molecular weight excluding hydrogens is 204 g/mol. The second-order valence-electron chi connectivity index (χ2n) is 3.92. The van der Waals surface area contributed by atoms with Gasteiger partial charge in [0.25, 0.3) is 5.91 Å². The SMILES string of the molecule is Cn1cnc(C(=O)NCC2=CCNCC2)c1. The molecule has 1 aromatic rings. The van der Waals surface area contributed by atoms with Crippen LogP contribution in [0.2, 0.25) is 0 Å². The minimum atomic E-state index is -0.111. The van der Waals surface area contributed by atoms with Crippen molar-refractivity contribution in [3.8, 4) is 0 Å². The van der Waals surface area contributed by atoms with Crippen LogP contribution in [-0.2, 0) is 7.05 Å². The molecule has 0 atom stereocenters. The van der Waals surface area contributed by atoms with Gasteiger partial charge in [0.15, 0.2) is 0 Å². The molecule has 16 heavy (non-hydrogen) atoms. The number of imidazole rings is 1. The highest BCUT2D eigenvalue weighted by atomic mass is 16.1. The van der Waals surface area contributed by atoms with E-state index in [0.717, 1.165) is 19.5 Å². The van der Waals surface area contributed by atoms with Crippen LogP contribution in [0.25, 0.3) is 0 Å². The van der Waals surface area contributed by atoms with Crippen LogP contribution in [-0.4, -0.2) is 35.1 Å². The standard InChI is InChI=1S/C11H16N4O/c1-15-7-10(14-8-15)11(16)13-6-9-2-4-12-5-3-9/h2,7-8,12H,3-6H2,1H3,(H,13,16). The summed E-state index contributed by atoms with van der Waals surface area (Å²) in [5.74, 6) is -0.111. The molecule has 0 aromatic carbocycles. The van der Waals surface area contributed by atoms with Gasteiger partial charge in [0.1, 0.15) is 5.69 Å². The van der Waals surface area contributed by atoms with Gasteiger partial charge in [0.05, 0.1) is 6.33 Å². The molecular formula is C11H16N4O. The highest BCUT2D eigenvalue weighted by Gasteiger charge is 2.09. The summed E-state index contributed by atoms with van der Waals surface area (Å²) in [6.45, 7) is 2.51. The van der Waals surface area contributed by atoms with Crippen LogP contribution in [0.3, 0.4) is 0 Å². The Hall–Kier alpha value is -1.62. The van der Waals surface area contributed by atoms with E-state index in [0.29, 0.717) is 12.2 Å². The number of carbonyl (C=O) groups is 1. The summed E-state index contributed by atoms with van der Waals surface area (Å²) in [7, 11) is 1.85. The average Bonchev–Trinajstić information content (AvgIpc) is 2.74. The van der Waals surface area contributed by atoms with Crippen molar-refractivity contribution in [1.82, 2.24) is 20.2 Å².